The van der Waals surface area contributed by atoms with Gasteiger partial charge in [-0.3, -0.25) is 16.0 Å². The Morgan fingerprint density at radius 2 is 2.14 bits per heavy atom. The molecular weight excluding hydrogens is 260 g/mol. The second kappa shape index (κ2) is 6.93. The number of nitrogens with two attached hydrogens (primary N) is 1. The third-order valence-electron chi connectivity index (χ3n) is 5.45. The zero-order valence-electron chi connectivity index (χ0n) is 14.1. The molecule has 0 bridgehead atoms. The van der Waals surface area contributed by atoms with Gasteiger partial charge in [-0.2, -0.15) is 5.10 Å². The van der Waals surface area contributed by atoms with Gasteiger partial charge in [-0.15, -0.1) is 0 Å². The second-order valence-electron chi connectivity index (χ2n) is 7.22. The molecule has 0 aromatic carbocycles. The molecule has 0 aliphatic heterocycles. The molecular formula is C17H32N4. The van der Waals surface area contributed by atoms with Crippen molar-refractivity contribution in [3.8, 4) is 0 Å². The van der Waals surface area contributed by atoms with Crippen LogP contribution in [-0.4, -0.2) is 15.8 Å². The normalized spacial score (nSPS) is 22.9. The summed E-state index contributed by atoms with van der Waals surface area (Å²) >= 11 is 0. The zero-order valence-corrected chi connectivity index (χ0v) is 14.1. The van der Waals surface area contributed by atoms with Gasteiger partial charge < -0.3 is 0 Å². The first kappa shape index (κ1) is 16.5. The van der Waals surface area contributed by atoms with E-state index in [-0.39, 0.29) is 0 Å². The lowest BCUT2D eigenvalue weighted by molar-refractivity contribution is 0.195. The van der Waals surface area contributed by atoms with E-state index in [9.17, 15) is 0 Å². The third kappa shape index (κ3) is 3.67. The van der Waals surface area contributed by atoms with Crippen LogP contribution < -0.4 is 11.3 Å². The number of nitrogens with one attached hydrogen (secondary N) is 1. The number of hydrogen-bond donors (Lipinski definition) is 2. The van der Waals surface area contributed by atoms with Crippen LogP contribution in [0.2, 0.25) is 0 Å². The molecule has 21 heavy (non-hydrogen) atoms. The van der Waals surface area contributed by atoms with E-state index in [1.807, 2.05) is 0 Å². The third-order valence-corrected chi connectivity index (χ3v) is 5.45. The molecule has 1 aromatic heterocycles. The maximum absolute atomic E-state index is 5.86. The summed E-state index contributed by atoms with van der Waals surface area (Å²) in [5.41, 5.74) is 4.61. The maximum atomic E-state index is 5.86. The highest BCUT2D eigenvalue weighted by molar-refractivity contribution is 5.05. The van der Waals surface area contributed by atoms with E-state index in [2.05, 4.69) is 50.1 Å². The summed E-state index contributed by atoms with van der Waals surface area (Å²) in [6.07, 6.45) is 9.21. The van der Waals surface area contributed by atoms with Gasteiger partial charge in [-0.05, 0) is 43.1 Å². The Morgan fingerprint density at radius 1 is 1.43 bits per heavy atom. The Kier molecular flexibility index (Phi) is 5.44. The van der Waals surface area contributed by atoms with Crippen molar-refractivity contribution in [1.82, 2.24) is 15.2 Å². The smallest absolute Gasteiger partial charge is 0.0640 e. The topological polar surface area (TPSA) is 55.9 Å². The summed E-state index contributed by atoms with van der Waals surface area (Å²) in [6.45, 7) is 9.19. The Morgan fingerprint density at radius 3 is 2.67 bits per heavy atom. The summed E-state index contributed by atoms with van der Waals surface area (Å²) in [6, 6.07) is 3.00. The first-order valence-electron chi connectivity index (χ1n) is 8.52. The molecule has 1 aliphatic carbocycles. The molecule has 0 saturated heterocycles. The van der Waals surface area contributed by atoms with Crippen LogP contribution >= 0.6 is 0 Å². The average Bonchev–Trinajstić information content (AvgIpc) is 3.04. The van der Waals surface area contributed by atoms with E-state index in [1.165, 1.54) is 19.3 Å². The highest BCUT2D eigenvalue weighted by atomic mass is 15.3. The molecule has 2 atom stereocenters. The molecule has 1 saturated carbocycles. The highest BCUT2D eigenvalue weighted by Crippen LogP contribution is 2.44. The largest absolute Gasteiger partial charge is 0.271 e. The minimum Gasteiger partial charge on any atom is -0.271 e. The van der Waals surface area contributed by atoms with E-state index < -0.39 is 0 Å². The van der Waals surface area contributed by atoms with Crippen LogP contribution in [0.5, 0.6) is 0 Å². The molecule has 3 N–H and O–H groups in total. The maximum Gasteiger partial charge on any atom is 0.0640 e. The van der Waals surface area contributed by atoms with Crippen LogP contribution in [0.1, 0.15) is 71.5 Å². The fourth-order valence-corrected chi connectivity index (χ4v) is 3.99. The molecule has 4 nitrogen and oxygen atoms in total. The van der Waals surface area contributed by atoms with E-state index in [4.69, 9.17) is 10.9 Å². The second-order valence-corrected chi connectivity index (χ2v) is 7.22. The van der Waals surface area contributed by atoms with E-state index >= 15 is 0 Å². The summed E-state index contributed by atoms with van der Waals surface area (Å²) in [4.78, 5) is 0. The fraction of sp³-hybridized carbons (Fsp3) is 0.824. The zero-order chi connectivity index (χ0) is 15.5. The van der Waals surface area contributed by atoms with Crippen LogP contribution in [0, 0.1) is 11.3 Å². The van der Waals surface area contributed by atoms with Crippen LogP contribution in [0.15, 0.2) is 12.3 Å². The Labute approximate surface area is 129 Å². The lowest BCUT2D eigenvalue weighted by Gasteiger charge is -2.33. The molecule has 4 heteroatoms. The minimum atomic E-state index is 0.326. The molecule has 1 aliphatic rings. The number of aromatic nitrogens is 2. The standard InChI is InChI=1S/C17H32N4/c1-5-14(6-2)21-11-9-13(20-21)12-16(19-18)15-8-7-10-17(15,3)4/h9,11,14-16,19H,5-8,10,12,18H2,1-4H3. The Hall–Kier alpha value is -0.870. The van der Waals surface area contributed by atoms with Crippen LogP contribution in [-0.2, 0) is 6.42 Å². The molecule has 1 heterocycles. The van der Waals surface area contributed by atoms with Crippen LogP contribution in [0.3, 0.4) is 0 Å². The van der Waals surface area contributed by atoms with Gasteiger partial charge in [-0.25, -0.2) is 0 Å². The van der Waals surface area contributed by atoms with Crippen molar-refractivity contribution < 1.29 is 0 Å². The minimum absolute atomic E-state index is 0.326. The van der Waals surface area contributed by atoms with Gasteiger partial charge in [0.15, 0.2) is 0 Å². The molecule has 0 spiro atoms. The number of rotatable bonds is 7. The van der Waals surface area contributed by atoms with Gasteiger partial charge in [0.1, 0.15) is 0 Å². The van der Waals surface area contributed by atoms with Crippen molar-refractivity contribution in [3.05, 3.63) is 18.0 Å². The lowest BCUT2D eigenvalue weighted by Crippen LogP contribution is -2.45. The average molecular weight is 292 g/mol. The van der Waals surface area contributed by atoms with E-state index in [1.54, 1.807) is 0 Å². The van der Waals surface area contributed by atoms with Crippen molar-refractivity contribution in [2.75, 3.05) is 0 Å². The Bertz CT molecular complexity index is 434. The summed E-state index contributed by atoms with van der Waals surface area (Å²) in [5.74, 6) is 6.50. The van der Waals surface area contributed by atoms with Crippen molar-refractivity contribution in [2.24, 2.45) is 17.2 Å². The molecule has 1 fully saturated rings. The van der Waals surface area contributed by atoms with Gasteiger partial charge >= 0.3 is 0 Å². The lowest BCUT2D eigenvalue weighted by atomic mass is 9.76. The van der Waals surface area contributed by atoms with E-state index in [0.29, 0.717) is 23.4 Å². The SMILES string of the molecule is CCC(CC)n1ccc(CC(NN)C2CCCC2(C)C)n1. The highest BCUT2D eigenvalue weighted by Gasteiger charge is 2.39. The predicted molar refractivity (Wildman–Crippen MR) is 87.8 cm³/mol. The molecule has 2 rings (SSSR count). The Balaban J connectivity index is 2.05. The number of hydrazine groups is 1. The van der Waals surface area contributed by atoms with Crippen LogP contribution in [0.25, 0.3) is 0 Å². The van der Waals surface area contributed by atoms with Crippen molar-refractivity contribution >= 4 is 0 Å². The molecule has 0 radical (unpaired) electrons. The van der Waals surface area contributed by atoms with Crippen molar-refractivity contribution in [2.45, 2.75) is 78.3 Å². The van der Waals surface area contributed by atoms with Crippen LogP contribution in [0.4, 0.5) is 0 Å². The van der Waals surface area contributed by atoms with Crippen molar-refractivity contribution in [3.63, 3.8) is 0 Å². The molecule has 0 amide bonds. The summed E-state index contributed by atoms with van der Waals surface area (Å²) < 4.78 is 2.13. The van der Waals surface area contributed by atoms with Gasteiger partial charge in [0.05, 0.1) is 11.7 Å². The predicted octanol–water partition coefficient (Wildman–Crippen LogP) is 3.44. The number of nitrogens with zero attached hydrogens (tertiary/aromatic N) is 2. The quantitative estimate of drug-likeness (QED) is 0.598. The van der Waals surface area contributed by atoms with Crippen molar-refractivity contribution in [1.29, 1.82) is 0 Å². The first-order valence-corrected chi connectivity index (χ1v) is 8.52. The summed E-state index contributed by atoms with van der Waals surface area (Å²) in [5, 5.41) is 4.78. The fourth-order valence-electron chi connectivity index (χ4n) is 3.99. The van der Waals surface area contributed by atoms with Gasteiger partial charge in [0.25, 0.3) is 0 Å². The van der Waals surface area contributed by atoms with Gasteiger partial charge in [0, 0.05) is 18.7 Å². The molecule has 1 aromatic rings. The van der Waals surface area contributed by atoms with E-state index in [0.717, 1.165) is 25.0 Å². The monoisotopic (exact) mass is 292 g/mol. The summed E-state index contributed by atoms with van der Waals surface area (Å²) in [7, 11) is 0. The van der Waals surface area contributed by atoms with Gasteiger partial charge in [-0.1, -0.05) is 34.1 Å². The van der Waals surface area contributed by atoms with Gasteiger partial charge in [0.2, 0.25) is 0 Å². The number of hydrogen-bond acceptors (Lipinski definition) is 3. The molecule has 2 unspecified atom stereocenters. The first-order chi connectivity index (χ1) is 10.0. The molecule has 120 valence electrons.